The zero-order valence-corrected chi connectivity index (χ0v) is 18.0. The predicted octanol–water partition coefficient (Wildman–Crippen LogP) is 2.81. The summed E-state index contributed by atoms with van der Waals surface area (Å²) in [5, 5.41) is 46.9. The molecular formula is C20H18N6O6S. The van der Waals surface area contributed by atoms with Gasteiger partial charge < -0.3 is 26.0 Å². The van der Waals surface area contributed by atoms with Gasteiger partial charge >= 0.3 is 11.9 Å². The lowest BCUT2D eigenvalue weighted by Crippen LogP contribution is -2.31. The largest absolute Gasteiger partial charge is 0.480 e. The Morgan fingerprint density at radius 3 is 2.58 bits per heavy atom. The molecule has 0 radical (unpaired) electrons. The van der Waals surface area contributed by atoms with E-state index in [-0.39, 0.29) is 40.5 Å². The first-order chi connectivity index (χ1) is 15.7. The van der Waals surface area contributed by atoms with Crippen LogP contribution in [0.1, 0.15) is 28.8 Å². The van der Waals surface area contributed by atoms with Crippen LogP contribution in [0.3, 0.4) is 0 Å². The molecule has 2 rings (SSSR count). The van der Waals surface area contributed by atoms with E-state index in [1.807, 2.05) is 12.1 Å². The van der Waals surface area contributed by atoms with E-state index in [1.54, 1.807) is 6.92 Å². The zero-order valence-electron chi connectivity index (χ0n) is 17.2. The molecule has 12 nitrogen and oxygen atoms in total. The molecule has 0 spiro atoms. The van der Waals surface area contributed by atoms with Gasteiger partial charge in [0, 0.05) is 18.2 Å². The Morgan fingerprint density at radius 2 is 1.97 bits per heavy atom. The predicted molar refractivity (Wildman–Crippen MR) is 116 cm³/mol. The number of ether oxygens (including phenoxy) is 1. The Balaban J connectivity index is 2.27. The fourth-order valence-electron chi connectivity index (χ4n) is 2.47. The molecule has 0 aliphatic heterocycles. The number of nitrogens with zero attached hydrogens (tertiary/aromatic N) is 4. The molecule has 0 saturated carbocycles. The Kier molecular flexibility index (Phi) is 8.56. The maximum Gasteiger partial charge on any atom is 0.341 e. The highest BCUT2D eigenvalue weighted by atomic mass is 32.1. The van der Waals surface area contributed by atoms with E-state index in [4.69, 9.17) is 25.9 Å². The molecule has 0 aliphatic rings. The Bertz CT molecular complexity index is 1190. The number of carboxylic acids is 2. The summed E-state index contributed by atoms with van der Waals surface area (Å²) in [5.41, 5.74) is 6.44. The van der Waals surface area contributed by atoms with Gasteiger partial charge in [-0.25, -0.2) is 4.79 Å². The number of nitrogens with one attached hydrogen (secondary N) is 1. The summed E-state index contributed by atoms with van der Waals surface area (Å²) >= 11 is 0.987. The van der Waals surface area contributed by atoms with E-state index in [9.17, 15) is 19.6 Å². The maximum atomic E-state index is 12.1. The van der Waals surface area contributed by atoms with Gasteiger partial charge in [0.1, 0.15) is 34.5 Å². The lowest BCUT2D eigenvalue weighted by molar-refractivity contribution is -0.140. The topological polar surface area (TPSA) is 211 Å². The Morgan fingerprint density at radius 1 is 1.24 bits per heavy atom. The van der Waals surface area contributed by atoms with E-state index in [1.165, 1.54) is 18.2 Å². The molecule has 0 aliphatic carbocycles. The lowest BCUT2D eigenvalue weighted by atomic mass is 10.1. The molecule has 13 heteroatoms. The van der Waals surface area contributed by atoms with E-state index >= 15 is 0 Å². The highest BCUT2D eigenvalue weighted by Crippen LogP contribution is 2.37. The van der Waals surface area contributed by atoms with Crippen molar-refractivity contribution in [2.75, 3.05) is 11.9 Å². The number of benzene rings is 1. The first kappa shape index (κ1) is 24.9. The van der Waals surface area contributed by atoms with Crippen LogP contribution in [0.15, 0.2) is 28.4 Å². The maximum absolute atomic E-state index is 12.1. The van der Waals surface area contributed by atoms with Crippen LogP contribution in [0.4, 0.5) is 16.4 Å². The number of hydrogen-bond donors (Lipinski definition) is 4. The third-order valence-electron chi connectivity index (χ3n) is 4.18. The highest BCUT2D eigenvalue weighted by molar-refractivity contribution is 7.16. The van der Waals surface area contributed by atoms with E-state index in [0.717, 1.165) is 11.3 Å². The number of aliphatic carboxylic acids is 2. The van der Waals surface area contributed by atoms with Crippen molar-refractivity contribution in [1.29, 1.82) is 10.5 Å². The number of thiophene rings is 1. The molecule has 5 N–H and O–H groups in total. The van der Waals surface area contributed by atoms with Gasteiger partial charge in [-0.1, -0.05) is 0 Å². The number of nitrogens with two attached hydrogens (primary N) is 1. The number of carbonyl (C=O) groups excluding carboxylic acids is 1. The molecule has 1 atom stereocenters. The minimum Gasteiger partial charge on any atom is -0.480 e. The van der Waals surface area contributed by atoms with Crippen molar-refractivity contribution in [2.45, 2.75) is 25.8 Å². The van der Waals surface area contributed by atoms with Crippen LogP contribution in [0.25, 0.3) is 0 Å². The molecular weight excluding hydrogens is 452 g/mol. The van der Waals surface area contributed by atoms with Gasteiger partial charge in [0.25, 0.3) is 0 Å². The summed E-state index contributed by atoms with van der Waals surface area (Å²) in [6.07, 6.45) is -0.210. The van der Waals surface area contributed by atoms with Crippen molar-refractivity contribution >= 4 is 45.6 Å². The number of azo groups is 1. The van der Waals surface area contributed by atoms with Gasteiger partial charge in [-0.15, -0.1) is 21.6 Å². The molecule has 170 valence electrons. The summed E-state index contributed by atoms with van der Waals surface area (Å²) in [7, 11) is 0. The molecule has 2 aromatic rings. The summed E-state index contributed by atoms with van der Waals surface area (Å²) in [6.45, 7) is 0.933. The molecule has 1 amide bonds. The second-order valence-electron chi connectivity index (χ2n) is 6.56. The van der Waals surface area contributed by atoms with Gasteiger partial charge in [-0.05, 0) is 31.0 Å². The van der Waals surface area contributed by atoms with E-state index in [2.05, 4.69) is 15.5 Å². The second kappa shape index (κ2) is 11.3. The quantitative estimate of drug-likeness (QED) is 0.375. The molecule has 1 unspecified atom stereocenters. The van der Waals surface area contributed by atoms with Crippen molar-refractivity contribution in [3.63, 3.8) is 0 Å². The molecule has 0 bridgehead atoms. The Hall–Kier alpha value is -4.33. The van der Waals surface area contributed by atoms with Crippen LogP contribution in [0.5, 0.6) is 5.75 Å². The Labute approximate surface area is 191 Å². The fourth-order valence-corrected chi connectivity index (χ4v) is 3.35. The van der Waals surface area contributed by atoms with Crippen molar-refractivity contribution in [3.05, 3.63) is 34.2 Å². The SMILES string of the molecule is Cc1c(C#N)sc(N=Nc2ccc(NC(=O)CCC(N)C(=O)O)cc2OCC(=O)O)c1C#N. The van der Waals surface area contributed by atoms with E-state index in [0.29, 0.717) is 10.4 Å². The molecule has 0 saturated heterocycles. The first-order valence-corrected chi connectivity index (χ1v) is 10.1. The fraction of sp³-hybridized carbons (Fsp3) is 0.250. The van der Waals surface area contributed by atoms with Crippen LogP contribution >= 0.6 is 11.3 Å². The molecule has 1 aromatic heterocycles. The van der Waals surface area contributed by atoms with Crippen LogP contribution in [-0.2, 0) is 14.4 Å². The molecule has 0 fully saturated rings. The van der Waals surface area contributed by atoms with Gasteiger partial charge in [-0.3, -0.25) is 9.59 Å². The molecule has 1 heterocycles. The van der Waals surface area contributed by atoms with Crippen LogP contribution in [-0.4, -0.2) is 40.7 Å². The zero-order chi connectivity index (χ0) is 24.5. The number of nitriles is 2. The van der Waals surface area contributed by atoms with Crippen molar-refractivity contribution in [3.8, 4) is 17.9 Å². The standard InChI is InChI=1S/C20H18N6O6S/c1-10-12(7-21)19(33-16(10)8-22)26-25-14-4-2-11(6-15(14)32-9-18(28)29)24-17(27)5-3-13(23)20(30)31/h2,4,6,13H,3,5,9,23H2,1H3,(H,24,27)(H,28,29)(H,30,31). The van der Waals surface area contributed by atoms with E-state index < -0.39 is 30.5 Å². The van der Waals surface area contributed by atoms with Crippen LogP contribution in [0, 0.1) is 29.6 Å². The first-order valence-electron chi connectivity index (χ1n) is 9.28. The average molecular weight is 470 g/mol. The third kappa shape index (κ3) is 6.83. The lowest BCUT2D eigenvalue weighted by Gasteiger charge is -2.11. The van der Waals surface area contributed by atoms with Gasteiger partial charge in [-0.2, -0.15) is 10.5 Å². The van der Waals surface area contributed by atoms with Crippen LogP contribution < -0.4 is 15.8 Å². The summed E-state index contributed by atoms with van der Waals surface area (Å²) in [5.74, 6) is -2.96. The molecule has 1 aromatic carbocycles. The summed E-state index contributed by atoms with van der Waals surface area (Å²) in [4.78, 5) is 34.0. The number of amides is 1. The van der Waals surface area contributed by atoms with Crippen LogP contribution in [0.2, 0.25) is 0 Å². The number of rotatable bonds is 10. The number of carboxylic acid groups (broad SMARTS) is 2. The van der Waals surface area contributed by atoms with Gasteiger partial charge in [0.05, 0.1) is 5.56 Å². The van der Waals surface area contributed by atoms with Gasteiger partial charge in [0.2, 0.25) is 5.91 Å². The normalized spacial score (nSPS) is 11.4. The average Bonchev–Trinajstić information content (AvgIpc) is 3.09. The smallest absolute Gasteiger partial charge is 0.341 e. The third-order valence-corrected chi connectivity index (χ3v) is 5.27. The highest BCUT2D eigenvalue weighted by Gasteiger charge is 2.16. The summed E-state index contributed by atoms with van der Waals surface area (Å²) < 4.78 is 5.23. The van der Waals surface area contributed by atoms with Crippen molar-refractivity contribution < 1.29 is 29.3 Å². The number of hydrogen-bond acceptors (Lipinski definition) is 10. The van der Waals surface area contributed by atoms with Crippen molar-refractivity contribution in [2.24, 2.45) is 16.0 Å². The minimum atomic E-state index is -1.24. The minimum absolute atomic E-state index is 0.00604. The number of anilines is 1. The number of carbonyl (C=O) groups is 3. The molecule has 33 heavy (non-hydrogen) atoms. The second-order valence-corrected chi connectivity index (χ2v) is 7.56. The summed E-state index contributed by atoms with van der Waals surface area (Å²) in [6, 6.07) is 6.98. The monoisotopic (exact) mass is 470 g/mol. The van der Waals surface area contributed by atoms with Gasteiger partial charge in [0.15, 0.2) is 11.6 Å². The van der Waals surface area contributed by atoms with Crippen molar-refractivity contribution in [1.82, 2.24) is 0 Å².